The zero-order valence-corrected chi connectivity index (χ0v) is 12.3. The summed E-state index contributed by atoms with van der Waals surface area (Å²) in [4.78, 5) is 0. The molecule has 1 aromatic rings. The first-order valence-electron chi connectivity index (χ1n) is 7.05. The van der Waals surface area contributed by atoms with Crippen molar-refractivity contribution in [3.05, 3.63) is 35.9 Å². The maximum absolute atomic E-state index is 9.57. The first-order chi connectivity index (χ1) is 8.98. The van der Waals surface area contributed by atoms with E-state index in [2.05, 4.69) is 20.8 Å². The summed E-state index contributed by atoms with van der Waals surface area (Å²) in [7, 11) is 0. The van der Waals surface area contributed by atoms with Gasteiger partial charge in [-0.15, -0.1) is 0 Å². The second-order valence-electron chi connectivity index (χ2n) is 5.74. The van der Waals surface area contributed by atoms with E-state index in [1.54, 1.807) is 0 Å². The third kappa shape index (κ3) is 5.31. The van der Waals surface area contributed by atoms with Gasteiger partial charge in [-0.05, 0) is 31.2 Å². The van der Waals surface area contributed by atoms with Gasteiger partial charge in [-0.2, -0.15) is 0 Å². The van der Waals surface area contributed by atoms with Crippen molar-refractivity contribution in [2.24, 2.45) is 11.7 Å². The molecule has 3 N–H and O–H groups in total. The molecule has 0 amide bonds. The predicted molar refractivity (Wildman–Crippen MR) is 78.9 cm³/mol. The van der Waals surface area contributed by atoms with Crippen molar-refractivity contribution in [1.82, 2.24) is 0 Å². The molecule has 2 atom stereocenters. The maximum Gasteiger partial charge on any atom is 0.0666 e. The van der Waals surface area contributed by atoms with Crippen molar-refractivity contribution < 1.29 is 9.84 Å². The molecule has 0 radical (unpaired) electrons. The number of benzene rings is 1. The van der Waals surface area contributed by atoms with E-state index < -0.39 is 5.54 Å². The number of hydrogen-bond acceptors (Lipinski definition) is 3. The molecule has 0 bridgehead atoms. The molecule has 0 aromatic heterocycles. The van der Waals surface area contributed by atoms with E-state index >= 15 is 0 Å². The van der Waals surface area contributed by atoms with E-state index in [0.29, 0.717) is 18.9 Å². The van der Waals surface area contributed by atoms with Crippen LogP contribution in [0.5, 0.6) is 0 Å². The van der Waals surface area contributed by atoms with Gasteiger partial charge in [0.15, 0.2) is 0 Å². The maximum atomic E-state index is 9.57. The van der Waals surface area contributed by atoms with Crippen LogP contribution >= 0.6 is 0 Å². The third-order valence-corrected chi connectivity index (χ3v) is 3.38. The average Bonchev–Trinajstić information content (AvgIpc) is 2.38. The van der Waals surface area contributed by atoms with Gasteiger partial charge >= 0.3 is 0 Å². The molecule has 3 heteroatoms. The molecule has 19 heavy (non-hydrogen) atoms. The Hall–Kier alpha value is -0.900. The highest BCUT2D eigenvalue weighted by Gasteiger charge is 2.26. The standard InChI is InChI=1S/C16H27NO2/c1-13(2)11-14(3)19-10-9-16(17,12-18)15-7-5-4-6-8-15/h4-8,13-14,18H,9-12,17H2,1-3H3. The van der Waals surface area contributed by atoms with Crippen LogP contribution in [0.4, 0.5) is 0 Å². The second kappa shape index (κ2) is 7.63. The summed E-state index contributed by atoms with van der Waals surface area (Å²) >= 11 is 0. The van der Waals surface area contributed by atoms with Gasteiger partial charge in [-0.3, -0.25) is 0 Å². The summed E-state index contributed by atoms with van der Waals surface area (Å²) < 4.78 is 5.78. The first kappa shape index (κ1) is 16.2. The molecule has 108 valence electrons. The summed E-state index contributed by atoms with van der Waals surface area (Å²) in [6.45, 7) is 6.95. The highest BCUT2D eigenvalue weighted by atomic mass is 16.5. The van der Waals surface area contributed by atoms with Crippen LogP contribution in [0.15, 0.2) is 30.3 Å². The normalized spacial score (nSPS) is 16.3. The van der Waals surface area contributed by atoms with E-state index in [1.165, 1.54) is 0 Å². The van der Waals surface area contributed by atoms with Gasteiger partial charge in [0, 0.05) is 6.61 Å². The quantitative estimate of drug-likeness (QED) is 0.760. The van der Waals surface area contributed by atoms with Crippen LogP contribution in [-0.2, 0) is 10.3 Å². The third-order valence-electron chi connectivity index (χ3n) is 3.38. The molecule has 0 aliphatic heterocycles. The monoisotopic (exact) mass is 265 g/mol. The lowest BCUT2D eigenvalue weighted by atomic mass is 9.89. The summed E-state index contributed by atoms with van der Waals surface area (Å²) in [6.07, 6.45) is 1.90. The van der Waals surface area contributed by atoms with Crippen molar-refractivity contribution >= 4 is 0 Å². The number of hydrogen-bond donors (Lipinski definition) is 2. The lowest BCUT2D eigenvalue weighted by Crippen LogP contribution is -2.41. The molecule has 1 rings (SSSR count). The van der Waals surface area contributed by atoms with Gasteiger partial charge in [-0.1, -0.05) is 44.2 Å². The SMILES string of the molecule is CC(C)CC(C)OCCC(N)(CO)c1ccccc1. The minimum absolute atomic E-state index is 0.0705. The Kier molecular flexibility index (Phi) is 6.49. The van der Waals surface area contributed by atoms with E-state index in [1.807, 2.05) is 30.3 Å². The largest absolute Gasteiger partial charge is 0.394 e. The van der Waals surface area contributed by atoms with Gasteiger partial charge in [-0.25, -0.2) is 0 Å². The van der Waals surface area contributed by atoms with Crippen molar-refractivity contribution in [3.8, 4) is 0 Å². The van der Waals surface area contributed by atoms with Crippen LogP contribution in [0.25, 0.3) is 0 Å². The Labute approximate surface area is 116 Å². The van der Waals surface area contributed by atoms with Gasteiger partial charge in [0.05, 0.1) is 18.2 Å². The topological polar surface area (TPSA) is 55.5 Å². The second-order valence-corrected chi connectivity index (χ2v) is 5.74. The number of aliphatic hydroxyl groups excluding tert-OH is 1. The summed E-state index contributed by atoms with van der Waals surface area (Å²) in [5.74, 6) is 0.629. The number of nitrogens with two attached hydrogens (primary N) is 1. The van der Waals surface area contributed by atoms with E-state index in [4.69, 9.17) is 10.5 Å². The zero-order valence-electron chi connectivity index (χ0n) is 12.3. The predicted octanol–water partition coefficient (Wildman–Crippen LogP) is 2.67. The number of ether oxygens (including phenoxy) is 1. The van der Waals surface area contributed by atoms with Crippen LogP contribution in [0, 0.1) is 5.92 Å². The van der Waals surface area contributed by atoms with E-state index in [-0.39, 0.29) is 12.7 Å². The lowest BCUT2D eigenvalue weighted by molar-refractivity contribution is 0.0330. The fourth-order valence-corrected chi connectivity index (χ4v) is 2.26. The Morgan fingerprint density at radius 2 is 1.84 bits per heavy atom. The summed E-state index contributed by atoms with van der Waals surface area (Å²) in [5.41, 5.74) is 6.52. The summed E-state index contributed by atoms with van der Waals surface area (Å²) in [5, 5.41) is 9.57. The van der Waals surface area contributed by atoms with Crippen molar-refractivity contribution in [2.45, 2.75) is 45.3 Å². The minimum atomic E-state index is -0.710. The molecule has 3 nitrogen and oxygen atoms in total. The van der Waals surface area contributed by atoms with Gasteiger partial charge in [0.2, 0.25) is 0 Å². The molecule has 0 saturated heterocycles. The Bertz CT molecular complexity index is 353. The number of rotatable bonds is 8. The molecule has 0 heterocycles. The lowest BCUT2D eigenvalue weighted by Gasteiger charge is -2.28. The molecule has 0 saturated carbocycles. The number of aliphatic hydroxyl groups is 1. The summed E-state index contributed by atoms with van der Waals surface area (Å²) in [6, 6.07) is 9.73. The highest BCUT2D eigenvalue weighted by Crippen LogP contribution is 2.22. The van der Waals surface area contributed by atoms with Crippen LogP contribution in [0.1, 0.15) is 39.2 Å². The van der Waals surface area contributed by atoms with Crippen LogP contribution in [0.3, 0.4) is 0 Å². The fraction of sp³-hybridized carbons (Fsp3) is 0.625. The molecule has 0 fully saturated rings. The molecule has 0 aliphatic carbocycles. The Morgan fingerprint density at radius 1 is 1.21 bits per heavy atom. The van der Waals surface area contributed by atoms with Crippen LogP contribution in [0.2, 0.25) is 0 Å². The highest BCUT2D eigenvalue weighted by molar-refractivity contribution is 5.23. The van der Waals surface area contributed by atoms with Crippen LogP contribution in [-0.4, -0.2) is 24.4 Å². The fourth-order valence-electron chi connectivity index (χ4n) is 2.26. The van der Waals surface area contributed by atoms with E-state index in [0.717, 1.165) is 12.0 Å². The van der Waals surface area contributed by atoms with Crippen molar-refractivity contribution in [2.75, 3.05) is 13.2 Å². The van der Waals surface area contributed by atoms with Crippen molar-refractivity contribution in [1.29, 1.82) is 0 Å². The van der Waals surface area contributed by atoms with Gasteiger partial charge in [0.25, 0.3) is 0 Å². The van der Waals surface area contributed by atoms with E-state index in [9.17, 15) is 5.11 Å². The molecule has 1 aromatic carbocycles. The van der Waals surface area contributed by atoms with Gasteiger partial charge < -0.3 is 15.6 Å². The van der Waals surface area contributed by atoms with Crippen molar-refractivity contribution in [3.63, 3.8) is 0 Å². The smallest absolute Gasteiger partial charge is 0.0666 e. The van der Waals surface area contributed by atoms with Gasteiger partial charge in [0.1, 0.15) is 0 Å². The molecule has 0 spiro atoms. The first-order valence-corrected chi connectivity index (χ1v) is 7.05. The molecular formula is C16H27NO2. The molecule has 2 unspecified atom stereocenters. The molecular weight excluding hydrogens is 238 g/mol. The Morgan fingerprint density at radius 3 is 2.37 bits per heavy atom. The molecule has 0 aliphatic rings. The Balaban J connectivity index is 2.49. The van der Waals surface area contributed by atoms with Crippen LogP contribution < -0.4 is 5.73 Å². The zero-order chi connectivity index (χ0) is 14.3. The minimum Gasteiger partial charge on any atom is -0.394 e. The average molecular weight is 265 g/mol.